The number of nitrogens with zero attached hydrogens (tertiary/aromatic N) is 2. The van der Waals surface area contributed by atoms with E-state index in [0.717, 1.165) is 6.21 Å². The third-order valence-corrected chi connectivity index (χ3v) is 3.35. The zero-order valence-electron chi connectivity index (χ0n) is 14.4. The predicted molar refractivity (Wildman–Crippen MR) is 99.0 cm³/mol. The lowest BCUT2D eigenvalue weighted by atomic mass is 10.3. The zero-order valence-corrected chi connectivity index (χ0v) is 14.4. The second kappa shape index (κ2) is 8.99. The van der Waals surface area contributed by atoms with Crippen LogP contribution in [0, 0.1) is 10.1 Å². The number of nitro groups is 1. The summed E-state index contributed by atoms with van der Waals surface area (Å²) < 4.78 is 16.1. The van der Waals surface area contributed by atoms with Crippen LogP contribution in [0.5, 0.6) is 11.5 Å². The number of hydrogen-bond donors (Lipinski definition) is 1. The summed E-state index contributed by atoms with van der Waals surface area (Å²) in [5, 5.41) is 14.3. The third kappa shape index (κ3) is 5.18. The Kier molecular flexibility index (Phi) is 5.99. The Morgan fingerprint density at radius 3 is 2.07 bits per heavy atom. The fraction of sp³-hybridized carbons (Fsp3) is 0.0526. The number of nitrogens with one attached hydrogen (secondary N) is 1. The molecule has 0 spiro atoms. The number of rotatable bonds is 8. The molecule has 28 heavy (non-hydrogen) atoms. The lowest BCUT2D eigenvalue weighted by Gasteiger charge is -2.18. The van der Waals surface area contributed by atoms with Gasteiger partial charge in [-0.05, 0) is 30.3 Å². The van der Waals surface area contributed by atoms with Gasteiger partial charge in [-0.1, -0.05) is 36.4 Å². The molecule has 142 valence electrons. The molecular weight excluding hydrogens is 366 g/mol. The van der Waals surface area contributed by atoms with Crippen LogP contribution in [-0.2, 0) is 4.79 Å². The van der Waals surface area contributed by atoms with E-state index in [0.29, 0.717) is 11.5 Å². The molecule has 0 fully saturated rings. The number of hydrazone groups is 1. The standard InChI is InChI=1S/C19H15N3O6/c23-18(21-20-13-16-11-12-17(26-16)22(24)25)19(27-14-7-3-1-4-8-14)28-15-9-5-2-6-10-15/h1-13,19H,(H,21,23). The molecule has 3 aromatic rings. The number of ether oxygens (including phenoxy) is 2. The van der Waals surface area contributed by atoms with Crippen LogP contribution in [-0.4, -0.2) is 23.3 Å². The van der Waals surface area contributed by atoms with Gasteiger partial charge in [0, 0.05) is 0 Å². The summed E-state index contributed by atoms with van der Waals surface area (Å²) in [5.74, 6) is -0.125. The summed E-state index contributed by atoms with van der Waals surface area (Å²) in [5.41, 5.74) is 2.26. The van der Waals surface area contributed by atoms with E-state index in [1.807, 2.05) is 12.1 Å². The van der Waals surface area contributed by atoms with Crippen molar-refractivity contribution in [2.75, 3.05) is 0 Å². The quantitative estimate of drug-likeness (QED) is 0.277. The van der Waals surface area contributed by atoms with E-state index >= 15 is 0 Å². The van der Waals surface area contributed by atoms with E-state index in [-0.39, 0.29) is 5.76 Å². The highest BCUT2D eigenvalue weighted by Gasteiger charge is 2.22. The minimum Gasteiger partial charge on any atom is -0.446 e. The average Bonchev–Trinajstić information content (AvgIpc) is 3.18. The molecular formula is C19H15N3O6. The van der Waals surface area contributed by atoms with Gasteiger partial charge in [0.05, 0.1) is 12.3 Å². The van der Waals surface area contributed by atoms with Crippen molar-refractivity contribution in [1.82, 2.24) is 5.43 Å². The van der Waals surface area contributed by atoms with E-state index in [9.17, 15) is 14.9 Å². The van der Waals surface area contributed by atoms with Crippen LogP contribution in [0.4, 0.5) is 5.88 Å². The Bertz CT molecular complexity index is 915. The molecule has 0 atom stereocenters. The number of amides is 1. The largest absolute Gasteiger partial charge is 0.446 e. The van der Waals surface area contributed by atoms with Crippen molar-refractivity contribution in [2.24, 2.45) is 5.10 Å². The number of furan rings is 1. The van der Waals surface area contributed by atoms with Crippen LogP contribution in [0.15, 0.2) is 82.3 Å². The lowest BCUT2D eigenvalue weighted by molar-refractivity contribution is -0.402. The average molecular weight is 381 g/mol. The minimum absolute atomic E-state index is 0.108. The van der Waals surface area contributed by atoms with E-state index < -0.39 is 23.0 Å². The van der Waals surface area contributed by atoms with Crippen LogP contribution in [0.2, 0.25) is 0 Å². The summed E-state index contributed by atoms with van der Waals surface area (Å²) in [4.78, 5) is 22.4. The van der Waals surface area contributed by atoms with Crippen molar-refractivity contribution in [1.29, 1.82) is 0 Å². The third-order valence-electron chi connectivity index (χ3n) is 3.35. The Balaban J connectivity index is 1.68. The molecule has 0 aliphatic rings. The van der Waals surface area contributed by atoms with Gasteiger partial charge in [-0.2, -0.15) is 5.10 Å². The van der Waals surface area contributed by atoms with Gasteiger partial charge in [-0.3, -0.25) is 14.9 Å². The molecule has 9 heteroatoms. The molecule has 0 radical (unpaired) electrons. The summed E-state index contributed by atoms with van der Waals surface area (Å²) in [6.45, 7) is 0. The summed E-state index contributed by atoms with van der Waals surface area (Å²) >= 11 is 0. The van der Waals surface area contributed by atoms with Gasteiger partial charge in [0.15, 0.2) is 5.76 Å². The molecule has 0 aliphatic heterocycles. The van der Waals surface area contributed by atoms with Crippen LogP contribution in [0.25, 0.3) is 0 Å². The highest BCUT2D eigenvalue weighted by atomic mass is 16.7. The number of carbonyl (C=O) groups excluding carboxylic acids is 1. The molecule has 0 bridgehead atoms. The van der Waals surface area contributed by atoms with E-state index in [4.69, 9.17) is 13.9 Å². The highest BCUT2D eigenvalue weighted by molar-refractivity contribution is 5.82. The topological polar surface area (TPSA) is 116 Å². The van der Waals surface area contributed by atoms with Crippen molar-refractivity contribution >= 4 is 18.0 Å². The Morgan fingerprint density at radius 1 is 1.00 bits per heavy atom. The molecule has 2 aromatic carbocycles. The molecule has 1 amide bonds. The second-order valence-corrected chi connectivity index (χ2v) is 5.36. The van der Waals surface area contributed by atoms with Crippen molar-refractivity contribution in [3.8, 4) is 11.5 Å². The molecule has 0 saturated heterocycles. The van der Waals surface area contributed by atoms with Crippen molar-refractivity contribution < 1.29 is 23.6 Å². The maximum atomic E-state index is 12.4. The molecule has 3 rings (SSSR count). The lowest BCUT2D eigenvalue weighted by Crippen LogP contribution is -2.40. The summed E-state index contributed by atoms with van der Waals surface area (Å²) in [6.07, 6.45) is -0.180. The molecule has 0 unspecified atom stereocenters. The first kappa shape index (κ1) is 18.6. The Labute approximate surface area is 159 Å². The van der Waals surface area contributed by atoms with E-state index in [1.54, 1.807) is 48.5 Å². The molecule has 1 heterocycles. The van der Waals surface area contributed by atoms with E-state index in [1.165, 1.54) is 12.1 Å². The molecule has 1 aromatic heterocycles. The molecule has 0 aliphatic carbocycles. The monoisotopic (exact) mass is 381 g/mol. The van der Waals surface area contributed by atoms with Crippen molar-refractivity contribution in [2.45, 2.75) is 6.29 Å². The van der Waals surface area contributed by atoms with E-state index in [2.05, 4.69) is 10.5 Å². The summed E-state index contributed by atoms with van der Waals surface area (Å²) in [7, 11) is 0. The van der Waals surface area contributed by atoms with Crippen LogP contribution < -0.4 is 14.9 Å². The second-order valence-electron chi connectivity index (χ2n) is 5.36. The fourth-order valence-electron chi connectivity index (χ4n) is 2.10. The first-order valence-electron chi connectivity index (χ1n) is 8.12. The van der Waals surface area contributed by atoms with Crippen molar-refractivity contribution in [3.05, 3.63) is 88.7 Å². The van der Waals surface area contributed by atoms with Crippen LogP contribution >= 0.6 is 0 Å². The Hall–Kier alpha value is -4.14. The predicted octanol–water partition coefficient (Wildman–Crippen LogP) is 3.12. The maximum Gasteiger partial charge on any atom is 0.433 e. The highest BCUT2D eigenvalue weighted by Crippen LogP contribution is 2.16. The normalized spacial score (nSPS) is 10.8. The smallest absolute Gasteiger partial charge is 0.433 e. The van der Waals surface area contributed by atoms with Gasteiger partial charge < -0.3 is 13.9 Å². The Morgan fingerprint density at radius 2 is 1.57 bits per heavy atom. The molecule has 1 N–H and O–H groups in total. The van der Waals surface area contributed by atoms with Gasteiger partial charge >= 0.3 is 18.1 Å². The number of carbonyl (C=O) groups is 1. The van der Waals surface area contributed by atoms with Crippen molar-refractivity contribution in [3.63, 3.8) is 0 Å². The summed E-state index contributed by atoms with van der Waals surface area (Å²) in [6, 6.07) is 19.9. The first-order valence-corrected chi connectivity index (χ1v) is 8.12. The van der Waals surface area contributed by atoms with Crippen LogP contribution in [0.1, 0.15) is 5.76 Å². The van der Waals surface area contributed by atoms with Gasteiger partial charge in [0.2, 0.25) is 0 Å². The van der Waals surface area contributed by atoms with Gasteiger partial charge in [-0.15, -0.1) is 0 Å². The molecule has 0 saturated carbocycles. The van der Waals surface area contributed by atoms with Crippen LogP contribution in [0.3, 0.4) is 0 Å². The SMILES string of the molecule is O=C(NN=Cc1ccc([N+](=O)[O-])o1)C(Oc1ccccc1)Oc1ccccc1. The fourth-order valence-corrected chi connectivity index (χ4v) is 2.10. The first-order chi connectivity index (χ1) is 13.6. The maximum absolute atomic E-state index is 12.4. The number of hydrogen-bond acceptors (Lipinski definition) is 7. The van der Waals surface area contributed by atoms with Gasteiger partial charge in [0.1, 0.15) is 16.4 Å². The van der Waals surface area contributed by atoms with Gasteiger partial charge in [-0.25, -0.2) is 5.43 Å². The molecule has 9 nitrogen and oxygen atoms in total. The number of benzene rings is 2. The van der Waals surface area contributed by atoms with Gasteiger partial charge in [0.25, 0.3) is 0 Å². The minimum atomic E-state index is -1.31. The number of para-hydroxylation sites is 2. The zero-order chi connectivity index (χ0) is 19.8.